The Hall–Kier alpha value is -3.71. The zero-order valence-corrected chi connectivity index (χ0v) is 20.3. The summed E-state index contributed by atoms with van der Waals surface area (Å²) in [7, 11) is 8.87. The topological polar surface area (TPSA) is 68.8 Å². The monoisotopic (exact) mass is 461 g/mol. The molecule has 0 saturated carbocycles. The van der Waals surface area contributed by atoms with Gasteiger partial charge in [0.1, 0.15) is 18.2 Å². The van der Waals surface area contributed by atoms with Gasteiger partial charge in [-0.25, -0.2) is 4.98 Å². The first-order valence-electron chi connectivity index (χ1n) is 11.2. The quantitative estimate of drug-likeness (QED) is 0.366. The third-order valence-electron chi connectivity index (χ3n) is 5.62. The van der Waals surface area contributed by atoms with E-state index in [-0.39, 0.29) is 0 Å². The van der Waals surface area contributed by atoms with Gasteiger partial charge < -0.3 is 28.8 Å². The number of rotatable bonds is 10. The second kappa shape index (κ2) is 10.5. The summed E-state index contributed by atoms with van der Waals surface area (Å²) in [5, 5.41) is 0. The van der Waals surface area contributed by atoms with Crippen LogP contribution in [-0.4, -0.2) is 63.4 Å². The van der Waals surface area contributed by atoms with E-state index in [9.17, 15) is 0 Å². The number of hydrogen-bond donors (Lipinski definition) is 1. The van der Waals surface area contributed by atoms with E-state index in [0.717, 1.165) is 40.9 Å². The molecule has 1 aromatic heterocycles. The Labute approximate surface area is 200 Å². The summed E-state index contributed by atoms with van der Waals surface area (Å²) >= 11 is 0. The number of imidazole rings is 1. The molecular formula is C27H31N3O4. The lowest BCUT2D eigenvalue weighted by atomic mass is 10.0. The van der Waals surface area contributed by atoms with Crippen LogP contribution in [0, 0.1) is 0 Å². The maximum Gasteiger partial charge on any atom is 0.203 e. The van der Waals surface area contributed by atoms with Crippen LogP contribution >= 0.6 is 0 Å². The number of ether oxygens (including phenoxy) is 4. The maximum absolute atomic E-state index is 6.08. The van der Waals surface area contributed by atoms with Gasteiger partial charge in [-0.3, -0.25) is 0 Å². The number of benzene rings is 3. The molecule has 0 aliphatic carbocycles. The van der Waals surface area contributed by atoms with Crippen LogP contribution < -0.4 is 18.9 Å². The fourth-order valence-electron chi connectivity index (χ4n) is 3.89. The molecule has 4 rings (SSSR count). The Kier molecular flexibility index (Phi) is 7.23. The Morgan fingerprint density at radius 2 is 1.59 bits per heavy atom. The lowest BCUT2D eigenvalue weighted by molar-refractivity contribution is 0.261. The fourth-order valence-corrected chi connectivity index (χ4v) is 3.89. The Balaban J connectivity index is 1.79. The summed E-state index contributed by atoms with van der Waals surface area (Å²) in [6.07, 6.45) is 0.752. The molecule has 1 heterocycles. The molecule has 7 nitrogen and oxygen atoms in total. The molecule has 1 N–H and O–H groups in total. The van der Waals surface area contributed by atoms with Crippen molar-refractivity contribution in [2.24, 2.45) is 0 Å². The number of aromatic nitrogens is 2. The van der Waals surface area contributed by atoms with Gasteiger partial charge in [0.05, 0.1) is 32.4 Å². The van der Waals surface area contributed by atoms with E-state index in [2.05, 4.69) is 40.2 Å². The van der Waals surface area contributed by atoms with Crippen LogP contribution in [0.3, 0.4) is 0 Å². The van der Waals surface area contributed by atoms with E-state index < -0.39 is 0 Å². The van der Waals surface area contributed by atoms with Crippen molar-refractivity contribution >= 4 is 11.0 Å². The molecule has 178 valence electrons. The molecule has 34 heavy (non-hydrogen) atoms. The van der Waals surface area contributed by atoms with Crippen LogP contribution in [-0.2, 0) is 6.42 Å². The van der Waals surface area contributed by atoms with Crippen molar-refractivity contribution in [2.75, 3.05) is 48.6 Å². The molecule has 0 bridgehead atoms. The SMILES string of the molecule is COc1cc(-c2nc3c(Cc4ccccc4)cc(OCCN(C)C)cc3[nH]2)cc(OC)c1OC. The Bertz CT molecular complexity index is 1230. The summed E-state index contributed by atoms with van der Waals surface area (Å²) in [6.45, 7) is 1.45. The van der Waals surface area contributed by atoms with Crippen molar-refractivity contribution in [2.45, 2.75) is 6.42 Å². The Morgan fingerprint density at radius 1 is 0.882 bits per heavy atom. The van der Waals surface area contributed by atoms with Gasteiger partial charge >= 0.3 is 0 Å². The highest BCUT2D eigenvalue weighted by Crippen LogP contribution is 2.41. The van der Waals surface area contributed by atoms with E-state index in [4.69, 9.17) is 23.9 Å². The highest BCUT2D eigenvalue weighted by molar-refractivity contribution is 5.85. The molecule has 0 atom stereocenters. The number of nitrogens with one attached hydrogen (secondary N) is 1. The second-order valence-electron chi connectivity index (χ2n) is 8.29. The van der Waals surface area contributed by atoms with Crippen molar-refractivity contribution in [3.8, 4) is 34.4 Å². The third kappa shape index (κ3) is 5.10. The fraction of sp³-hybridized carbons (Fsp3) is 0.296. The van der Waals surface area contributed by atoms with Crippen molar-refractivity contribution in [1.29, 1.82) is 0 Å². The van der Waals surface area contributed by atoms with Crippen LogP contribution in [0.1, 0.15) is 11.1 Å². The van der Waals surface area contributed by atoms with Gasteiger partial charge in [-0.05, 0) is 49.8 Å². The molecule has 0 saturated heterocycles. The molecule has 0 fully saturated rings. The van der Waals surface area contributed by atoms with Crippen molar-refractivity contribution in [3.05, 3.63) is 65.7 Å². The van der Waals surface area contributed by atoms with Gasteiger partial charge in [0, 0.05) is 18.2 Å². The molecule has 0 aliphatic heterocycles. The van der Waals surface area contributed by atoms with Crippen LogP contribution in [0.5, 0.6) is 23.0 Å². The largest absolute Gasteiger partial charge is 0.493 e. The van der Waals surface area contributed by atoms with Crippen LogP contribution in [0.4, 0.5) is 0 Å². The smallest absolute Gasteiger partial charge is 0.203 e. The van der Waals surface area contributed by atoms with Crippen LogP contribution in [0.15, 0.2) is 54.6 Å². The zero-order chi connectivity index (χ0) is 24.1. The van der Waals surface area contributed by atoms with E-state index in [0.29, 0.717) is 29.7 Å². The normalized spacial score (nSPS) is 11.1. The molecule has 0 aliphatic rings. The molecule has 0 unspecified atom stereocenters. The predicted octanol–water partition coefficient (Wildman–Crippen LogP) is 4.79. The standard InChI is InChI=1S/C27H31N3O4/c1-30(2)11-12-34-21-14-19(13-18-9-7-6-8-10-18)25-22(17-21)28-27(29-25)20-15-23(31-3)26(33-5)24(16-20)32-4/h6-10,14-17H,11-13H2,1-5H3,(H,28,29). The summed E-state index contributed by atoms with van der Waals surface area (Å²) in [5.74, 6) is 3.24. The first-order valence-corrected chi connectivity index (χ1v) is 11.2. The Morgan fingerprint density at radius 3 is 2.21 bits per heavy atom. The number of hydrogen-bond acceptors (Lipinski definition) is 6. The minimum Gasteiger partial charge on any atom is -0.493 e. The maximum atomic E-state index is 6.08. The molecule has 3 aromatic carbocycles. The summed E-state index contributed by atoms with van der Waals surface area (Å²) < 4.78 is 22.6. The summed E-state index contributed by atoms with van der Waals surface area (Å²) in [6, 6.07) is 18.3. The summed E-state index contributed by atoms with van der Waals surface area (Å²) in [5.41, 5.74) is 4.97. The predicted molar refractivity (Wildman–Crippen MR) is 134 cm³/mol. The van der Waals surface area contributed by atoms with Crippen molar-refractivity contribution in [3.63, 3.8) is 0 Å². The first-order chi connectivity index (χ1) is 16.5. The van der Waals surface area contributed by atoms with Crippen LogP contribution in [0.25, 0.3) is 22.4 Å². The number of nitrogens with zero attached hydrogens (tertiary/aromatic N) is 2. The van der Waals surface area contributed by atoms with Gasteiger partial charge in [0.15, 0.2) is 11.5 Å². The van der Waals surface area contributed by atoms with Crippen LogP contribution in [0.2, 0.25) is 0 Å². The summed E-state index contributed by atoms with van der Waals surface area (Å²) in [4.78, 5) is 10.5. The number of aromatic amines is 1. The van der Waals surface area contributed by atoms with Gasteiger partial charge in [-0.15, -0.1) is 0 Å². The minimum absolute atomic E-state index is 0.547. The second-order valence-corrected chi connectivity index (χ2v) is 8.29. The average Bonchev–Trinajstić information content (AvgIpc) is 3.28. The lowest BCUT2D eigenvalue weighted by Gasteiger charge is -2.13. The van der Waals surface area contributed by atoms with E-state index in [1.54, 1.807) is 21.3 Å². The lowest BCUT2D eigenvalue weighted by Crippen LogP contribution is -2.19. The highest BCUT2D eigenvalue weighted by atomic mass is 16.5. The first kappa shape index (κ1) is 23.4. The minimum atomic E-state index is 0.547. The molecule has 0 spiro atoms. The number of likely N-dealkylation sites (N-methyl/N-ethyl adjacent to an activating group) is 1. The highest BCUT2D eigenvalue weighted by Gasteiger charge is 2.18. The molecule has 0 radical (unpaired) electrons. The zero-order valence-electron chi connectivity index (χ0n) is 20.3. The van der Waals surface area contributed by atoms with Gasteiger partial charge in [0.2, 0.25) is 5.75 Å². The van der Waals surface area contributed by atoms with Gasteiger partial charge in [-0.1, -0.05) is 30.3 Å². The molecule has 7 heteroatoms. The molecule has 0 amide bonds. The van der Waals surface area contributed by atoms with Crippen molar-refractivity contribution in [1.82, 2.24) is 14.9 Å². The average molecular weight is 462 g/mol. The molecule has 4 aromatic rings. The number of methoxy groups -OCH3 is 3. The van der Waals surface area contributed by atoms with Gasteiger partial charge in [-0.2, -0.15) is 0 Å². The number of fused-ring (bicyclic) bond motifs is 1. The van der Waals surface area contributed by atoms with E-state index in [1.165, 1.54) is 5.56 Å². The van der Waals surface area contributed by atoms with Crippen molar-refractivity contribution < 1.29 is 18.9 Å². The molecular weight excluding hydrogens is 430 g/mol. The van der Waals surface area contributed by atoms with E-state index >= 15 is 0 Å². The van der Waals surface area contributed by atoms with E-state index in [1.807, 2.05) is 38.4 Å². The third-order valence-corrected chi connectivity index (χ3v) is 5.62. The number of H-pyrrole nitrogens is 1. The van der Waals surface area contributed by atoms with Gasteiger partial charge in [0.25, 0.3) is 0 Å².